The van der Waals surface area contributed by atoms with E-state index < -0.39 is 0 Å². The van der Waals surface area contributed by atoms with E-state index in [-0.39, 0.29) is 22.9 Å². The lowest BCUT2D eigenvalue weighted by Crippen LogP contribution is -2.64. The maximum Gasteiger partial charge on any atom is 0.158 e. The molecule has 1 aliphatic heterocycles. The van der Waals surface area contributed by atoms with Crippen molar-refractivity contribution in [3.63, 3.8) is 0 Å². The van der Waals surface area contributed by atoms with Crippen molar-refractivity contribution < 1.29 is 14.6 Å². The van der Waals surface area contributed by atoms with Gasteiger partial charge in [0, 0.05) is 6.42 Å². The Labute approximate surface area is 202 Å². The molecule has 5 aliphatic rings. The molecule has 0 aromatic carbocycles. The lowest BCUT2D eigenvalue weighted by Gasteiger charge is -2.69. The average molecular weight is 457 g/mol. The summed E-state index contributed by atoms with van der Waals surface area (Å²) in [5.74, 6) is 2.80. The van der Waals surface area contributed by atoms with E-state index in [1.54, 1.807) is 0 Å². The molecule has 1 unspecified atom stereocenters. The molecule has 0 aromatic heterocycles. The molecule has 0 amide bonds. The third-order valence-electron chi connectivity index (χ3n) is 12.5. The van der Waals surface area contributed by atoms with E-state index >= 15 is 0 Å². The van der Waals surface area contributed by atoms with Crippen LogP contribution < -0.4 is 0 Å². The van der Waals surface area contributed by atoms with E-state index in [1.807, 2.05) is 19.9 Å². The number of aliphatic hydroxyl groups is 1. The topological polar surface area (TPSA) is 49.8 Å². The van der Waals surface area contributed by atoms with Crippen molar-refractivity contribution in [2.45, 2.75) is 118 Å². The normalized spacial score (nSPS) is 52.3. The number of hydrogen-bond donors (Lipinski definition) is 1. The van der Waals surface area contributed by atoms with E-state index in [0.717, 1.165) is 24.5 Å². The molecular formula is C30H48O3. The molecule has 33 heavy (non-hydrogen) atoms. The molecule has 1 heterocycles. The molecule has 3 nitrogen and oxygen atoms in total. The number of aliphatic hydroxyl groups excluding tert-OH is 1. The van der Waals surface area contributed by atoms with Gasteiger partial charge >= 0.3 is 0 Å². The van der Waals surface area contributed by atoms with Crippen molar-refractivity contribution >= 4 is 5.78 Å². The maximum absolute atomic E-state index is 12.7. The summed E-state index contributed by atoms with van der Waals surface area (Å²) in [6, 6.07) is 0. The maximum atomic E-state index is 12.7. The predicted molar refractivity (Wildman–Crippen MR) is 133 cm³/mol. The van der Waals surface area contributed by atoms with Crippen LogP contribution in [0.4, 0.5) is 0 Å². The standard InChI is InChI=1S/C30H48O3/c1-19(2)16-20(31)17-30(18-33-30)22-10-14-28(6)21(22)8-9-24-27(5)13-12-25(32)26(3,4)23(27)11-15-29(24,28)7/h16,21-25,32H,8-15,17-18H2,1-7H3/t21-,22-,23?,24+,25-,27-,28-,29+,30-/m0/s1. The zero-order valence-electron chi connectivity index (χ0n) is 22.3. The number of carbonyl (C=O) groups is 1. The molecule has 4 saturated carbocycles. The smallest absolute Gasteiger partial charge is 0.158 e. The fourth-order valence-electron chi connectivity index (χ4n) is 10.6. The van der Waals surface area contributed by atoms with Crippen LogP contribution in [0, 0.1) is 45.3 Å². The van der Waals surface area contributed by atoms with Gasteiger partial charge in [-0.15, -0.1) is 0 Å². The van der Waals surface area contributed by atoms with Crippen LogP contribution in [-0.4, -0.2) is 29.2 Å². The van der Waals surface area contributed by atoms with Crippen molar-refractivity contribution in [2.24, 2.45) is 45.3 Å². The number of rotatable bonds is 4. The first-order valence-electron chi connectivity index (χ1n) is 13.8. The fraction of sp³-hybridized carbons (Fsp3) is 0.900. The minimum Gasteiger partial charge on any atom is -0.393 e. The van der Waals surface area contributed by atoms with Gasteiger partial charge in [0.25, 0.3) is 0 Å². The Morgan fingerprint density at radius 2 is 1.55 bits per heavy atom. The monoisotopic (exact) mass is 456 g/mol. The van der Waals surface area contributed by atoms with Crippen LogP contribution in [-0.2, 0) is 9.53 Å². The summed E-state index contributed by atoms with van der Waals surface area (Å²) in [6.07, 6.45) is 12.0. The van der Waals surface area contributed by atoms with Gasteiger partial charge in [0.05, 0.1) is 12.7 Å². The third kappa shape index (κ3) is 3.23. The van der Waals surface area contributed by atoms with Gasteiger partial charge in [-0.1, -0.05) is 40.2 Å². The SMILES string of the molecule is CC(C)=CC(=O)C[C@@]1([C@H]2CC[C@@]3(C)[C@H]2CC[C@@H]2[C@@]4(C)CC[C@H](O)C(C)(C)C4CC[C@]23C)CO1. The molecule has 1 N–H and O–H groups in total. The molecule has 3 heteroatoms. The Hall–Kier alpha value is -0.670. The van der Waals surface area contributed by atoms with Crippen molar-refractivity contribution in [1.29, 1.82) is 0 Å². The quantitative estimate of drug-likeness (QED) is 0.377. The van der Waals surface area contributed by atoms with Crippen LogP contribution >= 0.6 is 0 Å². The molecule has 0 aromatic rings. The second kappa shape index (κ2) is 7.42. The Morgan fingerprint density at radius 1 is 0.879 bits per heavy atom. The highest BCUT2D eigenvalue weighted by atomic mass is 16.6. The van der Waals surface area contributed by atoms with E-state index in [1.165, 1.54) is 44.9 Å². The highest BCUT2D eigenvalue weighted by Gasteiger charge is 2.71. The van der Waals surface area contributed by atoms with Gasteiger partial charge in [-0.2, -0.15) is 0 Å². The van der Waals surface area contributed by atoms with Crippen LogP contribution in [0.25, 0.3) is 0 Å². The molecule has 9 atom stereocenters. The molecule has 5 fully saturated rings. The van der Waals surface area contributed by atoms with E-state index in [0.29, 0.717) is 40.4 Å². The summed E-state index contributed by atoms with van der Waals surface area (Å²) in [5.41, 5.74) is 1.91. The van der Waals surface area contributed by atoms with Crippen molar-refractivity contribution in [3.8, 4) is 0 Å². The van der Waals surface area contributed by atoms with Gasteiger partial charge < -0.3 is 9.84 Å². The van der Waals surface area contributed by atoms with Crippen molar-refractivity contribution in [3.05, 3.63) is 11.6 Å². The Bertz CT molecular complexity index is 849. The Morgan fingerprint density at radius 3 is 2.18 bits per heavy atom. The first-order chi connectivity index (χ1) is 15.3. The summed E-state index contributed by atoms with van der Waals surface area (Å²) < 4.78 is 6.16. The van der Waals surface area contributed by atoms with Crippen LogP contribution in [0.1, 0.15) is 106 Å². The molecule has 5 rings (SSSR count). The number of carbonyl (C=O) groups excluding carboxylic acids is 1. The fourth-order valence-corrected chi connectivity index (χ4v) is 10.6. The largest absolute Gasteiger partial charge is 0.393 e. The van der Waals surface area contributed by atoms with Gasteiger partial charge in [-0.25, -0.2) is 0 Å². The third-order valence-corrected chi connectivity index (χ3v) is 12.5. The zero-order chi connectivity index (χ0) is 24.0. The summed E-state index contributed by atoms with van der Waals surface area (Å²) in [7, 11) is 0. The van der Waals surface area contributed by atoms with Crippen LogP contribution in [0.2, 0.25) is 0 Å². The van der Waals surface area contributed by atoms with Crippen LogP contribution in [0.3, 0.4) is 0 Å². The van der Waals surface area contributed by atoms with E-state index in [4.69, 9.17) is 4.74 Å². The second-order valence-corrected chi connectivity index (χ2v) is 14.4. The number of ether oxygens (including phenoxy) is 1. The molecule has 186 valence electrons. The molecule has 0 bridgehead atoms. The second-order valence-electron chi connectivity index (χ2n) is 14.4. The van der Waals surface area contributed by atoms with E-state index in [9.17, 15) is 9.90 Å². The lowest BCUT2D eigenvalue weighted by molar-refractivity contribution is -0.222. The molecule has 0 radical (unpaired) electrons. The Kier molecular flexibility index (Phi) is 5.40. The summed E-state index contributed by atoms with van der Waals surface area (Å²) in [6.45, 7) is 17.3. The highest BCUT2D eigenvalue weighted by molar-refractivity contribution is 5.91. The Balaban J connectivity index is 1.43. The highest BCUT2D eigenvalue weighted by Crippen LogP contribution is 2.76. The summed E-state index contributed by atoms with van der Waals surface area (Å²) >= 11 is 0. The summed E-state index contributed by atoms with van der Waals surface area (Å²) in [4.78, 5) is 12.7. The van der Waals surface area contributed by atoms with Gasteiger partial charge in [-0.05, 0) is 117 Å². The summed E-state index contributed by atoms with van der Waals surface area (Å²) in [5, 5.41) is 10.9. The zero-order valence-corrected chi connectivity index (χ0v) is 22.3. The first-order valence-corrected chi connectivity index (χ1v) is 13.8. The molecule has 4 aliphatic carbocycles. The number of ketones is 1. The van der Waals surface area contributed by atoms with Gasteiger partial charge in [0.2, 0.25) is 0 Å². The number of fused-ring (bicyclic) bond motifs is 5. The minimum atomic E-state index is -0.188. The number of hydrogen-bond acceptors (Lipinski definition) is 3. The lowest BCUT2D eigenvalue weighted by atomic mass is 9.35. The molecular weight excluding hydrogens is 408 g/mol. The van der Waals surface area contributed by atoms with Gasteiger partial charge in [0.15, 0.2) is 5.78 Å². The van der Waals surface area contributed by atoms with Crippen LogP contribution in [0.5, 0.6) is 0 Å². The number of epoxide rings is 1. The average Bonchev–Trinajstić information content (AvgIpc) is 3.38. The first kappa shape index (κ1) is 24.0. The van der Waals surface area contributed by atoms with E-state index in [2.05, 4.69) is 34.6 Å². The minimum absolute atomic E-state index is 0.0154. The van der Waals surface area contributed by atoms with Gasteiger partial charge in [-0.3, -0.25) is 4.79 Å². The molecule has 0 spiro atoms. The van der Waals surface area contributed by atoms with Crippen molar-refractivity contribution in [2.75, 3.05) is 6.61 Å². The number of allylic oxidation sites excluding steroid dienone is 2. The van der Waals surface area contributed by atoms with Crippen molar-refractivity contribution in [1.82, 2.24) is 0 Å². The molecule has 1 saturated heterocycles. The predicted octanol–water partition coefficient (Wildman–Crippen LogP) is 6.73. The van der Waals surface area contributed by atoms with Gasteiger partial charge in [0.1, 0.15) is 5.60 Å². The van der Waals surface area contributed by atoms with Crippen LogP contribution in [0.15, 0.2) is 11.6 Å².